The van der Waals surface area contributed by atoms with Gasteiger partial charge in [0.1, 0.15) is 6.10 Å². The van der Waals surface area contributed by atoms with Gasteiger partial charge in [-0.05, 0) is 38.2 Å². The van der Waals surface area contributed by atoms with E-state index in [-0.39, 0.29) is 18.0 Å². The van der Waals surface area contributed by atoms with E-state index in [1.54, 1.807) is 0 Å². The van der Waals surface area contributed by atoms with Gasteiger partial charge < -0.3 is 4.74 Å². The standard InChI is InChI=1S/C11H16O2/c12-11(9-5-4-6-9)13-10-7-2-1-3-8-10/h2,7,9-10H,1,3-6,8H2. The summed E-state index contributed by atoms with van der Waals surface area (Å²) in [4.78, 5) is 11.4. The van der Waals surface area contributed by atoms with Crippen molar-refractivity contribution in [2.75, 3.05) is 0 Å². The third kappa shape index (κ3) is 2.11. The lowest BCUT2D eigenvalue weighted by atomic mass is 9.85. The van der Waals surface area contributed by atoms with Crippen molar-refractivity contribution < 1.29 is 9.53 Å². The number of hydrogen-bond donors (Lipinski definition) is 0. The van der Waals surface area contributed by atoms with Crippen LogP contribution < -0.4 is 0 Å². The third-order valence-electron chi connectivity index (χ3n) is 2.92. The predicted octanol–water partition coefficient (Wildman–Crippen LogP) is 2.44. The Balaban J connectivity index is 1.78. The summed E-state index contributed by atoms with van der Waals surface area (Å²) in [6, 6.07) is 0. The molecule has 0 N–H and O–H groups in total. The van der Waals surface area contributed by atoms with Crippen LogP contribution in [0.1, 0.15) is 38.5 Å². The SMILES string of the molecule is O=C(OC1C=CCCC1)C1CCC1. The summed E-state index contributed by atoms with van der Waals surface area (Å²) >= 11 is 0. The maximum Gasteiger partial charge on any atom is 0.309 e. The highest BCUT2D eigenvalue weighted by atomic mass is 16.5. The van der Waals surface area contributed by atoms with Gasteiger partial charge in [-0.25, -0.2) is 0 Å². The fraction of sp³-hybridized carbons (Fsp3) is 0.727. The van der Waals surface area contributed by atoms with Crippen LogP contribution in [0.4, 0.5) is 0 Å². The van der Waals surface area contributed by atoms with Crippen molar-refractivity contribution in [1.82, 2.24) is 0 Å². The molecular weight excluding hydrogens is 164 g/mol. The lowest BCUT2D eigenvalue weighted by molar-refractivity contribution is -0.155. The second kappa shape index (κ2) is 3.95. The molecule has 0 aromatic rings. The van der Waals surface area contributed by atoms with Crippen molar-refractivity contribution in [2.24, 2.45) is 5.92 Å². The summed E-state index contributed by atoms with van der Waals surface area (Å²) in [7, 11) is 0. The first-order valence-corrected chi connectivity index (χ1v) is 5.23. The first-order valence-electron chi connectivity index (χ1n) is 5.23. The van der Waals surface area contributed by atoms with Gasteiger partial charge in [-0.1, -0.05) is 12.5 Å². The maximum absolute atomic E-state index is 11.4. The molecule has 2 aliphatic carbocycles. The topological polar surface area (TPSA) is 26.3 Å². The second-order valence-electron chi connectivity index (χ2n) is 3.96. The summed E-state index contributed by atoms with van der Waals surface area (Å²) in [6.07, 6.45) is 10.8. The van der Waals surface area contributed by atoms with Crippen LogP contribution in [0.2, 0.25) is 0 Å². The Hall–Kier alpha value is -0.790. The lowest BCUT2D eigenvalue weighted by Crippen LogP contribution is -2.28. The quantitative estimate of drug-likeness (QED) is 0.482. The zero-order valence-corrected chi connectivity index (χ0v) is 7.87. The Bertz CT molecular complexity index is 216. The highest BCUT2D eigenvalue weighted by Gasteiger charge is 2.28. The molecule has 72 valence electrons. The Kier molecular flexibility index (Phi) is 2.67. The van der Waals surface area contributed by atoms with Crippen LogP contribution >= 0.6 is 0 Å². The minimum Gasteiger partial charge on any atom is -0.458 e. The van der Waals surface area contributed by atoms with Gasteiger partial charge in [0.25, 0.3) is 0 Å². The molecule has 2 rings (SSSR count). The van der Waals surface area contributed by atoms with Crippen LogP contribution in [0.3, 0.4) is 0 Å². The molecule has 0 aromatic heterocycles. The lowest BCUT2D eigenvalue weighted by Gasteiger charge is -2.26. The van der Waals surface area contributed by atoms with Crippen LogP contribution in [-0.4, -0.2) is 12.1 Å². The van der Waals surface area contributed by atoms with Crippen LogP contribution in [0.15, 0.2) is 12.2 Å². The minimum atomic E-state index is 0.0304. The summed E-state index contributed by atoms with van der Waals surface area (Å²) in [6.45, 7) is 0. The van der Waals surface area contributed by atoms with Gasteiger partial charge in [-0.3, -0.25) is 4.79 Å². The molecule has 0 saturated heterocycles. The van der Waals surface area contributed by atoms with Gasteiger partial charge in [0.2, 0.25) is 0 Å². The molecule has 0 aliphatic heterocycles. The van der Waals surface area contributed by atoms with E-state index >= 15 is 0 Å². The summed E-state index contributed by atoms with van der Waals surface area (Å²) < 4.78 is 5.37. The maximum atomic E-state index is 11.4. The predicted molar refractivity (Wildman–Crippen MR) is 50.2 cm³/mol. The molecule has 0 radical (unpaired) electrons. The second-order valence-corrected chi connectivity index (χ2v) is 3.96. The number of hydrogen-bond acceptors (Lipinski definition) is 2. The number of esters is 1. The van der Waals surface area contributed by atoms with Gasteiger partial charge in [0.05, 0.1) is 5.92 Å². The van der Waals surface area contributed by atoms with E-state index in [1.807, 2.05) is 6.08 Å². The molecule has 2 nitrogen and oxygen atoms in total. The Morgan fingerprint density at radius 3 is 2.62 bits per heavy atom. The van der Waals surface area contributed by atoms with Gasteiger partial charge in [-0.15, -0.1) is 0 Å². The third-order valence-corrected chi connectivity index (χ3v) is 2.92. The molecular formula is C11H16O2. The van der Waals surface area contributed by atoms with Crippen LogP contribution in [0, 0.1) is 5.92 Å². The molecule has 13 heavy (non-hydrogen) atoms. The van der Waals surface area contributed by atoms with Crippen molar-refractivity contribution in [2.45, 2.75) is 44.6 Å². The van der Waals surface area contributed by atoms with Crippen molar-refractivity contribution in [3.05, 3.63) is 12.2 Å². The Labute approximate surface area is 79.0 Å². The largest absolute Gasteiger partial charge is 0.458 e. The van der Waals surface area contributed by atoms with Crippen molar-refractivity contribution in [3.63, 3.8) is 0 Å². The van der Waals surface area contributed by atoms with Gasteiger partial charge >= 0.3 is 5.97 Å². The van der Waals surface area contributed by atoms with Gasteiger partial charge in [0, 0.05) is 0 Å². The molecule has 2 heteroatoms. The molecule has 0 bridgehead atoms. The number of ether oxygens (including phenoxy) is 1. The fourth-order valence-electron chi connectivity index (χ4n) is 1.77. The monoisotopic (exact) mass is 180 g/mol. The molecule has 1 unspecified atom stereocenters. The Morgan fingerprint density at radius 2 is 2.08 bits per heavy atom. The van der Waals surface area contributed by atoms with E-state index in [1.165, 1.54) is 6.42 Å². The van der Waals surface area contributed by atoms with Crippen LogP contribution in [-0.2, 0) is 9.53 Å². The highest BCUT2D eigenvalue weighted by molar-refractivity contribution is 5.73. The fourth-order valence-corrected chi connectivity index (χ4v) is 1.77. The highest BCUT2D eigenvalue weighted by Crippen LogP contribution is 2.28. The van der Waals surface area contributed by atoms with Crippen LogP contribution in [0.25, 0.3) is 0 Å². The number of carbonyl (C=O) groups excluding carboxylic acids is 1. The normalized spacial score (nSPS) is 28.2. The zero-order valence-electron chi connectivity index (χ0n) is 7.87. The van der Waals surface area contributed by atoms with Gasteiger partial charge in [0.15, 0.2) is 0 Å². The average Bonchev–Trinajstić information content (AvgIpc) is 2.02. The molecule has 0 heterocycles. The molecule has 1 fully saturated rings. The van der Waals surface area contributed by atoms with E-state index in [4.69, 9.17) is 4.74 Å². The first kappa shape index (κ1) is 8.79. The van der Waals surface area contributed by atoms with Gasteiger partial charge in [-0.2, -0.15) is 0 Å². The molecule has 1 atom stereocenters. The molecule has 0 aromatic carbocycles. The van der Waals surface area contributed by atoms with Crippen molar-refractivity contribution >= 4 is 5.97 Å². The van der Waals surface area contributed by atoms with E-state index in [0.29, 0.717) is 0 Å². The number of carbonyl (C=O) groups is 1. The van der Waals surface area contributed by atoms with E-state index < -0.39 is 0 Å². The summed E-state index contributed by atoms with van der Waals surface area (Å²) in [5.74, 6) is 0.248. The van der Waals surface area contributed by atoms with E-state index in [9.17, 15) is 4.79 Å². The number of rotatable bonds is 2. The number of allylic oxidation sites excluding steroid dienone is 1. The smallest absolute Gasteiger partial charge is 0.309 e. The summed E-state index contributed by atoms with van der Waals surface area (Å²) in [5.41, 5.74) is 0. The average molecular weight is 180 g/mol. The Morgan fingerprint density at radius 1 is 1.23 bits per heavy atom. The minimum absolute atomic E-state index is 0.0304. The van der Waals surface area contributed by atoms with E-state index in [0.717, 1.165) is 32.1 Å². The zero-order chi connectivity index (χ0) is 9.10. The van der Waals surface area contributed by atoms with Crippen molar-refractivity contribution in [3.8, 4) is 0 Å². The molecule has 0 spiro atoms. The first-order chi connectivity index (χ1) is 6.36. The molecule has 2 aliphatic rings. The molecule has 1 saturated carbocycles. The molecule has 0 amide bonds. The van der Waals surface area contributed by atoms with Crippen LogP contribution in [0.5, 0.6) is 0 Å². The van der Waals surface area contributed by atoms with Crippen molar-refractivity contribution in [1.29, 1.82) is 0 Å². The summed E-state index contributed by atoms with van der Waals surface area (Å²) in [5, 5.41) is 0. The van der Waals surface area contributed by atoms with E-state index in [2.05, 4.69) is 6.08 Å².